The third kappa shape index (κ3) is 3.71. The standard InChI is InChI=1S/C13H12Cl2N2O3/c1-7(5-12(18)19)4-11-16-17-13(20-11)9-6-8(14)2-3-10(9)15/h2-3,6-7H,4-5H2,1H3,(H,18,19). The fourth-order valence-corrected chi connectivity index (χ4v) is 2.15. The van der Waals surface area contributed by atoms with Crippen molar-refractivity contribution in [2.45, 2.75) is 19.8 Å². The zero-order valence-corrected chi connectivity index (χ0v) is 12.1. The molecule has 0 radical (unpaired) electrons. The van der Waals surface area contributed by atoms with Crippen molar-refractivity contribution in [3.63, 3.8) is 0 Å². The number of carboxylic acids is 1. The summed E-state index contributed by atoms with van der Waals surface area (Å²) in [5.41, 5.74) is 0.559. The van der Waals surface area contributed by atoms with Gasteiger partial charge in [-0.25, -0.2) is 0 Å². The van der Waals surface area contributed by atoms with Crippen LogP contribution in [0.4, 0.5) is 0 Å². The highest BCUT2D eigenvalue weighted by Crippen LogP contribution is 2.29. The van der Waals surface area contributed by atoms with Crippen molar-refractivity contribution in [2.75, 3.05) is 0 Å². The number of rotatable bonds is 5. The molecule has 5 nitrogen and oxygen atoms in total. The fraction of sp³-hybridized carbons (Fsp3) is 0.308. The highest BCUT2D eigenvalue weighted by atomic mass is 35.5. The molecule has 0 saturated heterocycles. The maximum Gasteiger partial charge on any atom is 0.303 e. The van der Waals surface area contributed by atoms with Crippen molar-refractivity contribution in [1.29, 1.82) is 0 Å². The maximum atomic E-state index is 10.6. The Labute approximate surface area is 125 Å². The molecule has 0 saturated carbocycles. The van der Waals surface area contributed by atoms with Crippen molar-refractivity contribution < 1.29 is 14.3 Å². The summed E-state index contributed by atoms with van der Waals surface area (Å²) in [4.78, 5) is 10.6. The molecule has 0 fully saturated rings. The molecule has 0 amide bonds. The number of aromatic nitrogens is 2. The smallest absolute Gasteiger partial charge is 0.303 e. The van der Waals surface area contributed by atoms with Gasteiger partial charge in [-0.15, -0.1) is 10.2 Å². The van der Waals surface area contributed by atoms with Gasteiger partial charge in [0.1, 0.15) is 0 Å². The first-order valence-corrected chi connectivity index (χ1v) is 6.71. The first kappa shape index (κ1) is 14.8. The average Bonchev–Trinajstić information content (AvgIpc) is 2.79. The molecular formula is C13H12Cl2N2O3. The summed E-state index contributed by atoms with van der Waals surface area (Å²) in [5, 5.41) is 17.5. The van der Waals surface area contributed by atoms with Gasteiger partial charge in [0.05, 0.1) is 10.6 Å². The molecule has 1 atom stereocenters. The van der Waals surface area contributed by atoms with Gasteiger partial charge < -0.3 is 9.52 Å². The van der Waals surface area contributed by atoms with Crippen LogP contribution in [-0.2, 0) is 11.2 Å². The van der Waals surface area contributed by atoms with E-state index in [2.05, 4.69) is 10.2 Å². The topological polar surface area (TPSA) is 76.2 Å². The van der Waals surface area contributed by atoms with E-state index >= 15 is 0 Å². The van der Waals surface area contributed by atoms with Gasteiger partial charge >= 0.3 is 5.97 Å². The average molecular weight is 315 g/mol. The van der Waals surface area contributed by atoms with E-state index in [4.69, 9.17) is 32.7 Å². The van der Waals surface area contributed by atoms with Gasteiger partial charge in [0, 0.05) is 17.9 Å². The van der Waals surface area contributed by atoms with Crippen LogP contribution >= 0.6 is 23.2 Å². The van der Waals surface area contributed by atoms with Gasteiger partial charge in [0.15, 0.2) is 0 Å². The first-order valence-electron chi connectivity index (χ1n) is 5.95. The van der Waals surface area contributed by atoms with Gasteiger partial charge in [-0.05, 0) is 24.1 Å². The Morgan fingerprint density at radius 1 is 1.40 bits per heavy atom. The molecule has 0 bridgehead atoms. The van der Waals surface area contributed by atoms with E-state index in [9.17, 15) is 4.79 Å². The predicted octanol–water partition coefficient (Wildman–Crippen LogP) is 3.70. The zero-order valence-electron chi connectivity index (χ0n) is 10.6. The lowest BCUT2D eigenvalue weighted by atomic mass is 10.0. The summed E-state index contributed by atoms with van der Waals surface area (Å²) in [6.45, 7) is 1.81. The molecule has 106 valence electrons. The lowest BCUT2D eigenvalue weighted by molar-refractivity contribution is -0.137. The summed E-state index contributed by atoms with van der Waals surface area (Å²) < 4.78 is 5.50. The van der Waals surface area contributed by atoms with Gasteiger partial charge in [0.25, 0.3) is 0 Å². The summed E-state index contributed by atoms with van der Waals surface area (Å²) in [5.74, 6) is -0.287. The van der Waals surface area contributed by atoms with Gasteiger partial charge in [0.2, 0.25) is 11.8 Å². The molecule has 0 spiro atoms. The molecule has 1 aromatic heterocycles. The Morgan fingerprint density at radius 3 is 2.85 bits per heavy atom. The number of hydrogen-bond acceptors (Lipinski definition) is 4. The maximum absolute atomic E-state index is 10.6. The van der Waals surface area contributed by atoms with Crippen LogP contribution in [0.5, 0.6) is 0 Å². The Balaban J connectivity index is 2.16. The first-order chi connectivity index (χ1) is 9.45. The molecule has 1 aromatic carbocycles. The molecule has 1 heterocycles. The van der Waals surface area contributed by atoms with E-state index in [1.54, 1.807) is 18.2 Å². The van der Waals surface area contributed by atoms with E-state index in [1.807, 2.05) is 6.92 Å². The minimum Gasteiger partial charge on any atom is -0.481 e. The molecule has 1 unspecified atom stereocenters. The largest absolute Gasteiger partial charge is 0.481 e. The molecule has 0 aliphatic rings. The van der Waals surface area contributed by atoms with E-state index in [0.29, 0.717) is 27.9 Å². The van der Waals surface area contributed by atoms with Crippen LogP contribution in [0.1, 0.15) is 19.2 Å². The van der Waals surface area contributed by atoms with Crippen LogP contribution in [0, 0.1) is 5.92 Å². The molecule has 20 heavy (non-hydrogen) atoms. The van der Waals surface area contributed by atoms with Gasteiger partial charge in [-0.1, -0.05) is 30.1 Å². The summed E-state index contributed by atoms with van der Waals surface area (Å²) in [7, 11) is 0. The van der Waals surface area contributed by atoms with Crippen LogP contribution in [0.2, 0.25) is 10.0 Å². The normalized spacial score (nSPS) is 12.3. The third-order valence-corrected chi connectivity index (χ3v) is 3.24. The Kier molecular flexibility index (Phi) is 4.62. The van der Waals surface area contributed by atoms with Crippen molar-refractivity contribution >= 4 is 29.2 Å². The Hall–Kier alpha value is -1.59. The SMILES string of the molecule is CC(CC(=O)O)Cc1nnc(-c2cc(Cl)ccc2Cl)o1. The van der Waals surface area contributed by atoms with Crippen LogP contribution in [0.3, 0.4) is 0 Å². The molecule has 2 rings (SSSR count). The second-order valence-electron chi connectivity index (χ2n) is 4.53. The summed E-state index contributed by atoms with van der Waals surface area (Å²) in [6.07, 6.45) is 0.452. The minimum atomic E-state index is -0.852. The number of carbonyl (C=O) groups is 1. The molecule has 1 N–H and O–H groups in total. The number of carboxylic acid groups (broad SMARTS) is 1. The number of hydrogen-bond donors (Lipinski definition) is 1. The predicted molar refractivity (Wildman–Crippen MR) is 74.9 cm³/mol. The quantitative estimate of drug-likeness (QED) is 0.910. The highest BCUT2D eigenvalue weighted by Gasteiger charge is 2.16. The van der Waals surface area contributed by atoms with Crippen molar-refractivity contribution in [3.8, 4) is 11.5 Å². The number of benzene rings is 1. The Morgan fingerprint density at radius 2 is 2.15 bits per heavy atom. The van der Waals surface area contributed by atoms with Crippen molar-refractivity contribution in [2.24, 2.45) is 5.92 Å². The third-order valence-electron chi connectivity index (χ3n) is 2.67. The van der Waals surface area contributed by atoms with Gasteiger partial charge in [-0.3, -0.25) is 4.79 Å². The highest BCUT2D eigenvalue weighted by molar-refractivity contribution is 6.35. The molecule has 0 aliphatic carbocycles. The zero-order chi connectivity index (χ0) is 14.7. The monoisotopic (exact) mass is 314 g/mol. The summed E-state index contributed by atoms with van der Waals surface area (Å²) in [6, 6.07) is 4.96. The number of nitrogens with zero attached hydrogens (tertiary/aromatic N) is 2. The van der Waals surface area contributed by atoms with Crippen molar-refractivity contribution in [3.05, 3.63) is 34.1 Å². The van der Waals surface area contributed by atoms with Gasteiger partial charge in [-0.2, -0.15) is 0 Å². The molecule has 0 aliphatic heterocycles. The van der Waals surface area contributed by atoms with E-state index in [0.717, 1.165) is 0 Å². The van der Waals surface area contributed by atoms with Crippen LogP contribution in [0.25, 0.3) is 11.5 Å². The minimum absolute atomic E-state index is 0.0512. The number of aliphatic carboxylic acids is 1. The summed E-state index contributed by atoms with van der Waals surface area (Å²) >= 11 is 12.0. The van der Waals surface area contributed by atoms with Crippen LogP contribution in [0.15, 0.2) is 22.6 Å². The van der Waals surface area contributed by atoms with E-state index in [-0.39, 0.29) is 18.2 Å². The number of halogens is 2. The second kappa shape index (κ2) is 6.24. The molecule has 2 aromatic rings. The lowest BCUT2D eigenvalue weighted by Gasteiger charge is -2.03. The Bertz CT molecular complexity index is 628. The second-order valence-corrected chi connectivity index (χ2v) is 5.38. The van der Waals surface area contributed by atoms with Crippen LogP contribution in [-0.4, -0.2) is 21.3 Å². The van der Waals surface area contributed by atoms with E-state index < -0.39 is 5.97 Å². The fourth-order valence-electron chi connectivity index (χ4n) is 1.77. The van der Waals surface area contributed by atoms with Crippen molar-refractivity contribution in [1.82, 2.24) is 10.2 Å². The molecular weight excluding hydrogens is 303 g/mol. The lowest BCUT2D eigenvalue weighted by Crippen LogP contribution is -2.07. The molecule has 7 heteroatoms. The van der Waals surface area contributed by atoms with E-state index in [1.165, 1.54) is 0 Å². The van der Waals surface area contributed by atoms with Crippen LogP contribution < -0.4 is 0 Å².